The molecule has 0 atom stereocenters. The fourth-order valence-electron chi connectivity index (χ4n) is 3.70. The molecule has 20 heavy (non-hydrogen) atoms. The molecule has 0 radical (unpaired) electrons. The highest BCUT2D eigenvalue weighted by atomic mass is 16.3. The van der Waals surface area contributed by atoms with Crippen molar-refractivity contribution < 1.29 is 5.11 Å². The van der Waals surface area contributed by atoms with Crippen molar-refractivity contribution in [3.63, 3.8) is 0 Å². The topological polar surface area (TPSA) is 20.2 Å². The number of hydrogen-bond acceptors (Lipinski definition) is 1. The van der Waals surface area contributed by atoms with Gasteiger partial charge >= 0.3 is 0 Å². The van der Waals surface area contributed by atoms with Gasteiger partial charge in [-0.2, -0.15) is 0 Å². The van der Waals surface area contributed by atoms with Crippen molar-refractivity contribution in [3.05, 3.63) is 58.7 Å². The Balaban J connectivity index is 2.05. The number of aromatic hydroxyl groups is 1. The van der Waals surface area contributed by atoms with E-state index in [1.807, 2.05) is 13.0 Å². The highest BCUT2D eigenvalue weighted by Crippen LogP contribution is 2.42. The van der Waals surface area contributed by atoms with Crippen LogP contribution in [-0.4, -0.2) is 5.11 Å². The van der Waals surface area contributed by atoms with Crippen molar-refractivity contribution in [2.45, 2.75) is 32.6 Å². The molecule has 2 aliphatic carbocycles. The summed E-state index contributed by atoms with van der Waals surface area (Å²) >= 11 is 0. The first kappa shape index (κ1) is 11.8. The Kier molecular flexibility index (Phi) is 2.50. The first-order valence-corrected chi connectivity index (χ1v) is 7.38. The number of allylic oxidation sites excluding steroid dienone is 4. The van der Waals surface area contributed by atoms with Gasteiger partial charge in [-0.1, -0.05) is 35.9 Å². The van der Waals surface area contributed by atoms with Gasteiger partial charge in [0.25, 0.3) is 0 Å². The fraction of sp³-hybridized carbons (Fsp3) is 0.263. The summed E-state index contributed by atoms with van der Waals surface area (Å²) in [7, 11) is 0. The Hall–Kier alpha value is -2.02. The Morgan fingerprint density at radius 2 is 1.95 bits per heavy atom. The Morgan fingerprint density at radius 3 is 2.85 bits per heavy atom. The monoisotopic (exact) mass is 262 g/mol. The molecule has 0 spiro atoms. The highest BCUT2D eigenvalue weighted by molar-refractivity contribution is 5.97. The van der Waals surface area contributed by atoms with E-state index in [0.29, 0.717) is 5.75 Å². The van der Waals surface area contributed by atoms with Crippen molar-refractivity contribution in [1.82, 2.24) is 0 Å². The van der Waals surface area contributed by atoms with Gasteiger partial charge < -0.3 is 5.11 Å². The molecule has 100 valence electrons. The van der Waals surface area contributed by atoms with Gasteiger partial charge in [0.05, 0.1) is 0 Å². The highest BCUT2D eigenvalue weighted by Gasteiger charge is 2.21. The van der Waals surface area contributed by atoms with Crippen molar-refractivity contribution in [1.29, 1.82) is 0 Å². The van der Waals surface area contributed by atoms with Gasteiger partial charge in [0.15, 0.2) is 0 Å². The number of rotatable bonds is 0. The largest absolute Gasteiger partial charge is 0.507 e. The first-order chi connectivity index (χ1) is 9.74. The smallest absolute Gasteiger partial charge is 0.123 e. The van der Waals surface area contributed by atoms with E-state index in [9.17, 15) is 5.11 Å². The maximum atomic E-state index is 10.4. The van der Waals surface area contributed by atoms with Gasteiger partial charge in [-0.05, 0) is 66.3 Å². The second-order valence-electron chi connectivity index (χ2n) is 5.93. The van der Waals surface area contributed by atoms with Crippen LogP contribution in [0.15, 0.2) is 42.0 Å². The molecule has 0 amide bonds. The standard InChI is InChI=1S/C19H18O/c1-12-10-14-7-8-16-15-5-3-2-4-13(15)6-9-17(16)19(14)18(20)11-12/h3,5,7-8,10-11,20H,2,4,6,9H2,1H3. The Bertz CT molecular complexity index is 778. The van der Waals surface area contributed by atoms with Crippen LogP contribution in [0.3, 0.4) is 0 Å². The SMILES string of the molecule is Cc1cc(O)c2c3c(ccc2c1)C1=C(CCC=C1)CC3. The summed E-state index contributed by atoms with van der Waals surface area (Å²) in [6.45, 7) is 2.03. The molecule has 2 aromatic rings. The molecule has 1 nitrogen and oxygen atoms in total. The molecule has 0 aliphatic heterocycles. The summed E-state index contributed by atoms with van der Waals surface area (Å²) in [5, 5.41) is 12.6. The third-order valence-corrected chi connectivity index (χ3v) is 4.59. The van der Waals surface area contributed by atoms with Gasteiger partial charge in [0, 0.05) is 5.39 Å². The average Bonchev–Trinajstić information content (AvgIpc) is 2.46. The molecule has 0 saturated heterocycles. The number of fused-ring (bicyclic) bond motifs is 4. The van der Waals surface area contributed by atoms with E-state index in [1.165, 1.54) is 29.5 Å². The Labute approximate surface area is 119 Å². The van der Waals surface area contributed by atoms with Crippen molar-refractivity contribution in [2.24, 2.45) is 0 Å². The van der Waals surface area contributed by atoms with Crippen LogP contribution >= 0.6 is 0 Å². The normalized spacial score (nSPS) is 17.2. The summed E-state index contributed by atoms with van der Waals surface area (Å²) in [4.78, 5) is 0. The van der Waals surface area contributed by atoms with Crippen molar-refractivity contribution in [2.75, 3.05) is 0 Å². The minimum absolute atomic E-state index is 0.431. The fourth-order valence-corrected chi connectivity index (χ4v) is 3.70. The van der Waals surface area contributed by atoms with E-state index in [-0.39, 0.29) is 0 Å². The summed E-state index contributed by atoms with van der Waals surface area (Å²) in [5.41, 5.74) is 6.76. The lowest BCUT2D eigenvalue weighted by atomic mass is 9.79. The summed E-state index contributed by atoms with van der Waals surface area (Å²) in [5.74, 6) is 0.431. The minimum atomic E-state index is 0.431. The molecule has 0 fully saturated rings. The van der Waals surface area contributed by atoms with Crippen LogP contribution in [0.25, 0.3) is 16.3 Å². The molecule has 0 aromatic heterocycles. The van der Waals surface area contributed by atoms with Crippen LogP contribution in [0.5, 0.6) is 5.75 Å². The molecule has 2 aliphatic rings. The van der Waals surface area contributed by atoms with Gasteiger partial charge in [-0.15, -0.1) is 0 Å². The lowest BCUT2D eigenvalue weighted by molar-refractivity contribution is 0.481. The van der Waals surface area contributed by atoms with Gasteiger partial charge in [-0.25, -0.2) is 0 Å². The summed E-state index contributed by atoms with van der Waals surface area (Å²) in [6, 6.07) is 8.43. The molecule has 0 bridgehead atoms. The van der Waals surface area contributed by atoms with Crippen LogP contribution in [0.4, 0.5) is 0 Å². The summed E-state index contributed by atoms with van der Waals surface area (Å²) < 4.78 is 0. The zero-order valence-electron chi connectivity index (χ0n) is 11.7. The van der Waals surface area contributed by atoms with Gasteiger partial charge in [0.2, 0.25) is 0 Å². The van der Waals surface area contributed by atoms with Crippen molar-refractivity contribution in [3.8, 4) is 5.75 Å². The second kappa shape index (κ2) is 4.24. The van der Waals surface area contributed by atoms with E-state index in [0.717, 1.165) is 29.2 Å². The lowest BCUT2D eigenvalue weighted by Crippen LogP contribution is -2.07. The van der Waals surface area contributed by atoms with Crippen LogP contribution < -0.4 is 0 Å². The second-order valence-corrected chi connectivity index (χ2v) is 5.93. The first-order valence-electron chi connectivity index (χ1n) is 7.38. The quantitative estimate of drug-likeness (QED) is 0.715. The minimum Gasteiger partial charge on any atom is -0.507 e. The molecule has 0 unspecified atom stereocenters. The van der Waals surface area contributed by atoms with Crippen LogP contribution in [0, 0.1) is 6.92 Å². The number of phenolic OH excluding ortho intramolecular Hbond substituents is 1. The predicted octanol–water partition coefficient (Wildman–Crippen LogP) is 4.90. The molecule has 4 rings (SSSR count). The van der Waals surface area contributed by atoms with E-state index in [1.54, 1.807) is 5.57 Å². The van der Waals surface area contributed by atoms with Gasteiger partial charge in [0.1, 0.15) is 5.75 Å². The van der Waals surface area contributed by atoms with E-state index in [2.05, 4.69) is 30.4 Å². The maximum absolute atomic E-state index is 10.4. The van der Waals surface area contributed by atoms with E-state index < -0.39 is 0 Å². The van der Waals surface area contributed by atoms with E-state index in [4.69, 9.17) is 0 Å². The van der Waals surface area contributed by atoms with E-state index >= 15 is 0 Å². The predicted molar refractivity (Wildman–Crippen MR) is 84.0 cm³/mol. The molecule has 1 heteroatoms. The average molecular weight is 262 g/mol. The zero-order chi connectivity index (χ0) is 13.7. The van der Waals surface area contributed by atoms with Crippen LogP contribution in [0.1, 0.15) is 36.0 Å². The molecule has 0 heterocycles. The molecular formula is C19H18O. The van der Waals surface area contributed by atoms with Crippen LogP contribution in [0.2, 0.25) is 0 Å². The Morgan fingerprint density at radius 1 is 1.05 bits per heavy atom. The molecule has 0 saturated carbocycles. The lowest BCUT2D eigenvalue weighted by Gasteiger charge is -2.25. The maximum Gasteiger partial charge on any atom is 0.123 e. The van der Waals surface area contributed by atoms with Gasteiger partial charge in [-0.3, -0.25) is 0 Å². The molecule has 1 N–H and O–H groups in total. The number of phenols is 1. The molecular weight excluding hydrogens is 244 g/mol. The van der Waals surface area contributed by atoms with Crippen LogP contribution in [-0.2, 0) is 6.42 Å². The number of hydrogen-bond donors (Lipinski definition) is 1. The van der Waals surface area contributed by atoms with Crippen molar-refractivity contribution >= 4 is 16.3 Å². The third-order valence-electron chi connectivity index (χ3n) is 4.59. The number of benzene rings is 2. The zero-order valence-corrected chi connectivity index (χ0v) is 11.7. The molecule has 2 aromatic carbocycles. The summed E-state index contributed by atoms with van der Waals surface area (Å²) in [6.07, 6.45) is 9.10. The third kappa shape index (κ3) is 1.62. The number of aryl methyl sites for hydroxylation is 2.